The first-order valence-corrected chi connectivity index (χ1v) is 14.7. The molecule has 0 aliphatic carbocycles. The van der Waals surface area contributed by atoms with Crippen LogP contribution < -0.4 is 10.6 Å². The van der Waals surface area contributed by atoms with Crippen molar-refractivity contribution in [2.45, 2.75) is 23.6 Å². The van der Waals surface area contributed by atoms with Gasteiger partial charge in [-0.15, -0.1) is 0 Å². The number of sulfonamides is 1. The molecule has 0 saturated carbocycles. The van der Waals surface area contributed by atoms with Crippen LogP contribution >= 0.6 is 0 Å². The van der Waals surface area contributed by atoms with Gasteiger partial charge in [-0.3, -0.25) is 0 Å². The molecule has 9 nitrogen and oxygen atoms in total. The largest absolute Gasteiger partial charge is 0.388 e. The Kier molecular flexibility index (Phi) is 15.5. The molecule has 1 aliphatic heterocycles. The number of anilines is 2. The lowest BCUT2D eigenvalue weighted by Gasteiger charge is -2.21. The minimum atomic E-state index is -3.30. The number of morpholine rings is 1. The number of hydrogen-bond acceptors (Lipinski definition) is 8. The minimum Gasteiger partial charge on any atom is -0.388 e. The van der Waals surface area contributed by atoms with Crippen LogP contribution in [0.15, 0.2) is 58.3 Å². The van der Waals surface area contributed by atoms with Crippen molar-refractivity contribution >= 4 is 31.2 Å². The van der Waals surface area contributed by atoms with Gasteiger partial charge in [-0.25, -0.2) is 21.1 Å². The average Bonchev–Trinajstić information content (AvgIpc) is 2.86. The Morgan fingerprint density at radius 2 is 1.14 bits per heavy atom. The molecule has 2 aromatic carbocycles. The molecule has 1 aliphatic rings. The van der Waals surface area contributed by atoms with Crippen LogP contribution in [0.4, 0.5) is 11.4 Å². The summed E-state index contributed by atoms with van der Waals surface area (Å²) in [6, 6.07) is 13.3. The molecule has 11 heteroatoms. The van der Waals surface area contributed by atoms with E-state index in [0.717, 1.165) is 37.7 Å². The van der Waals surface area contributed by atoms with Crippen LogP contribution in [0.2, 0.25) is 0 Å². The number of hydrogen-bond donors (Lipinski definition) is 2. The fourth-order valence-corrected chi connectivity index (χ4v) is 4.06. The van der Waals surface area contributed by atoms with Crippen molar-refractivity contribution in [2.75, 3.05) is 78.4 Å². The zero-order valence-electron chi connectivity index (χ0n) is 22.2. The van der Waals surface area contributed by atoms with E-state index in [1.165, 1.54) is 24.7 Å². The number of nitrogens with zero attached hydrogens (tertiary/aromatic N) is 2. The maximum Gasteiger partial charge on any atom is 0.242 e. The van der Waals surface area contributed by atoms with Crippen LogP contribution in [-0.4, -0.2) is 93.8 Å². The molecule has 1 saturated heterocycles. The number of ether oxygens (including phenoxy) is 1. The van der Waals surface area contributed by atoms with Gasteiger partial charge in [-0.05, 0) is 55.6 Å². The monoisotopic (exact) mass is 530 g/mol. The molecule has 0 unspecified atom stereocenters. The van der Waals surface area contributed by atoms with E-state index in [-0.39, 0.29) is 0 Å². The topological polar surface area (TPSA) is 108 Å². The highest BCUT2D eigenvalue weighted by Gasteiger charge is 2.16. The van der Waals surface area contributed by atoms with Crippen LogP contribution in [0.1, 0.15) is 13.8 Å². The van der Waals surface area contributed by atoms with Crippen molar-refractivity contribution in [3.63, 3.8) is 0 Å². The van der Waals surface area contributed by atoms with Crippen molar-refractivity contribution in [1.82, 2.24) is 9.21 Å². The minimum absolute atomic E-state index is 0.307. The van der Waals surface area contributed by atoms with Gasteiger partial charge in [0.15, 0.2) is 9.84 Å². The first kappa shape index (κ1) is 32.8. The maximum atomic E-state index is 11.6. The predicted molar refractivity (Wildman–Crippen MR) is 146 cm³/mol. The molecule has 0 aromatic heterocycles. The van der Waals surface area contributed by atoms with Crippen molar-refractivity contribution in [3.8, 4) is 0 Å². The molecule has 0 spiro atoms. The summed E-state index contributed by atoms with van der Waals surface area (Å²) in [7, 11) is 2.37. The molecule has 0 radical (unpaired) electrons. The van der Waals surface area contributed by atoms with E-state index in [1.807, 2.05) is 13.8 Å². The van der Waals surface area contributed by atoms with E-state index < -0.39 is 19.9 Å². The standard InChI is InChI=1S/C9H14N2O2S.C8H11NO2S.C5H11NO.C2H6/c1-10-8-4-6-9(7-5-8)14(12,13)11(2)3;1-9-7-3-5-8(6-4-7)12(2,10)11;1-6-2-4-7-5-3-6;1-2/h4-7,10H,1-3H3;3-6,9H,1-2H3;2-5H2,1H3;1-2H3. The van der Waals surface area contributed by atoms with Crippen molar-refractivity contribution in [1.29, 1.82) is 0 Å². The second-order valence-corrected chi connectivity index (χ2v) is 11.7. The highest BCUT2D eigenvalue weighted by molar-refractivity contribution is 7.90. The number of likely N-dealkylation sites (N-methyl/N-ethyl adjacent to an activating group) is 1. The summed E-state index contributed by atoms with van der Waals surface area (Å²) in [6.45, 7) is 8.02. The molecule has 1 heterocycles. The first-order valence-electron chi connectivity index (χ1n) is 11.4. The Morgan fingerprint density at radius 1 is 0.771 bits per heavy atom. The molecule has 0 atom stereocenters. The number of rotatable bonds is 5. The summed E-state index contributed by atoms with van der Waals surface area (Å²) >= 11 is 0. The smallest absolute Gasteiger partial charge is 0.242 e. The highest BCUT2D eigenvalue weighted by atomic mass is 32.2. The van der Waals surface area contributed by atoms with Gasteiger partial charge in [-0.1, -0.05) is 13.8 Å². The molecular weight excluding hydrogens is 488 g/mol. The number of sulfone groups is 1. The van der Waals surface area contributed by atoms with Gasteiger partial charge in [0.25, 0.3) is 0 Å². The Morgan fingerprint density at radius 3 is 1.40 bits per heavy atom. The number of benzene rings is 2. The van der Waals surface area contributed by atoms with Gasteiger partial charge in [0.05, 0.1) is 23.0 Å². The van der Waals surface area contributed by atoms with Crippen LogP contribution in [0.3, 0.4) is 0 Å². The predicted octanol–water partition coefficient (Wildman–Crippen LogP) is 3.09. The summed E-state index contributed by atoms with van der Waals surface area (Å²) in [5, 5.41) is 5.84. The fourth-order valence-electron chi connectivity index (χ4n) is 2.53. The summed E-state index contributed by atoms with van der Waals surface area (Å²) in [6.07, 6.45) is 1.20. The van der Waals surface area contributed by atoms with Gasteiger partial charge < -0.3 is 20.3 Å². The lowest BCUT2D eigenvalue weighted by atomic mass is 10.3. The molecule has 1 fully saturated rings. The summed E-state index contributed by atoms with van der Waals surface area (Å²) < 4.78 is 51.6. The summed E-state index contributed by atoms with van der Waals surface area (Å²) in [4.78, 5) is 2.92. The van der Waals surface area contributed by atoms with Crippen molar-refractivity contribution in [2.24, 2.45) is 0 Å². The average molecular weight is 531 g/mol. The van der Waals surface area contributed by atoms with Crippen LogP contribution in [0.25, 0.3) is 0 Å². The SMILES string of the molecule is CC.CN1CCOCC1.CNc1ccc(S(=O)(=O)N(C)C)cc1.CNc1ccc(S(C)(=O)=O)cc1. The quantitative estimate of drug-likeness (QED) is 0.607. The zero-order chi connectivity index (χ0) is 27.1. The first-order chi connectivity index (χ1) is 16.4. The zero-order valence-corrected chi connectivity index (χ0v) is 23.8. The lowest BCUT2D eigenvalue weighted by molar-refractivity contribution is 0.0503. The van der Waals surface area contributed by atoms with E-state index in [2.05, 4.69) is 22.6 Å². The van der Waals surface area contributed by atoms with Crippen molar-refractivity contribution in [3.05, 3.63) is 48.5 Å². The van der Waals surface area contributed by atoms with Gasteiger partial charge >= 0.3 is 0 Å². The van der Waals surface area contributed by atoms with Crippen LogP contribution in [0.5, 0.6) is 0 Å². The van der Waals surface area contributed by atoms with E-state index >= 15 is 0 Å². The second-order valence-electron chi connectivity index (χ2n) is 7.52. The van der Waals surface area contributed by atoms with Gasteiger partial charge in [0.1, 0.15) is 0 Å². The Hall–Kier alpha value is -2.18. The fraction of sp³-hybridized carbons (Fsp3) is 0.500. The molecule has 0 bridgehead atoms. The van der Waals surface area contributed by atoms with Crippen LogP contribution in [-0.2, 0) is 24.6 Å². The van der Waals surface area contributed by atoms with Gasteiger partial charge in [0.2, 0.25) is 10.0 Å². The molecular formula is C24H42N4O5S2. The number of nitrogens with one attached hydrogen (secondary N) is 2. The third-order valence-electron chi connectivity index (χ3n) is 4.73. The third kappa shape index (κ3) is 12.4. The normalized spacial score (nSPS) is 13.7. The molecule has 2 aromatic rings. The van der Waals surface area contributed by atoms with Gasteiger partial charge in [0, 0.05) is 58.9 Å². The molecule has 3 rings (SSSR count). The Balaban J connectivity index is 0.000000499. The van der Waals surface area contributed by atoms with E-state index in [4.69, 9.17) is 4.74 Å². The van der Waals surface area contributed by atoms with E-state index in [9.17, 15) is 16.8 Å². The van der Waals surface area contributed by atoms with Crippen LogP contribution in [0, 0.1) is 0 Å². The summed E-state index contributed by atoms with van der Waals surface area (Å²) in [5.74, 6) is 0. The summed E-state index contributed by atoms with van der Waals surface area (Å²) in [5.41, 5.74) is 1.80. The third-order valence-corrected chi connectivity index (χ3v) is 7.69. The second kappa shape index (κ2) is 16.5. The molecule has 2 N–H and O–H groups in total. The van der Waals surface area contributed by atoms with Crippen molar-refractivity contribution < 1.29 is 21.6 Å². The maximum absolute atomic E-state index is 11.6. The van der Waals surface area contributed by atoms with E-state index in [0.29, 0.717) is 9.79 Å². The lowest BCUT2D eigenvalue weighted by Crippen LogP contribution is -2.32. The van der Waals surface area contributed by atoms with E-state index in [1.54, 1.807) is 62.6 Å². The molecule has 0 amide bonds. The molecule has 200 valence electrons. The Bertz CT molecular complexity index is 1030. The highest BCUT2D eigenvalue weighted by Crippen LogP contribution is 2.16. The molecule has 35 heavy (non-hydrogen) atoms. The Labute approximate surface area is 212 Å². The van der Waals surface area contributed by atoms with Gasteiger partial charge in [-0.2, -0.15) is 0 Å².